The van der Waals surface area contributed by atoms with E-state index >= 15 is 0 Å². The number of carboxylic acids is 1. The summed E-state index contributed by atoms with van der Waals surface area (Å²) in [7, 11) is 0. The molecule has 3 N–H and O–H groups in total. The number of carboxylic acid groups (broad SMARTS) is 1. The zero-order valence-electron chi connectivity index (χ0n) is 12.6. The lowest BCUT2D eigenvalue weighted by molar-refractivity contribution is -0.142. The first kappa shape index (κ1) is 16.7. The maximum Gasteiger partial charge on any atom is 0.307 e. The average Bonchev–Trinajstić information content (AvgIpc) is 2.42. The second-order valence-electron chi connectivity index (χ2n) is 5.66. The van der Waals surface area contributed by atoms with Crippen LogP contribution >= 0.6 is 0 Å². The molecule has 112 valence electrons. The fourth-order valence-corrected chi connectivity index (χ4v) is 2.65. The van der Waals surface area contributed by atoms with E-state index in [1.54, 1.807) is 0 Å². The van der Waals surface area contributed by atoms with E-state index in [1.807, 2.05) is 0 Å². The second-order valence-corrected chi connectivity index (χ2v) is 5.66. The number of nitrogens with two attached hydrogens (primary N) is 1. The van der Waals surface area contributed by atoms with Crippen molar-refractivity contribution in [3.63, 3.8) is 0 Å². The zero-order valence-corrected chi connectivity index (χ0v) is 12.6. The SMILES string of the molecule is CCC(CCCc1cccc(C)c1)CC(CN)C(=O)O. The van der Waals surface area contributed by atoms with Gasteiger partial charge in [0.05, 0.1) is 5.92 Å². The summed E-state index contributed by atoms with van der Waals surface area (Å²) in [6.45, 7) is 4.48. The molecule has 0 saturated carbocycles. The molecule has 0 radical (unpaired) electrons. The summed E-state index contributed by atoms with van der Waals surface area (Å²) in [6.07, 6.45) is 4.99. The van der Waals surface area contributed by atoms with Crippen LogP contribution in [-0.4, -0.2) is 17.6 Å². The molecule has 20 heavy (non-hydrogen) atoms. The van der Waals surface area contributed by atoms with E-state index in [0.717, 1.165) is 25.7 Å². The highest BCUT2D eigenvalue weighted by Gasteiger charge is 2.20. The number of rotatable bonds is 9. The molecule has 1 aromatic carbocycles. The fourth-order valence-electron chi connectivity index (χ4n) is 2.65. The van der Waals surface area contributed by atoms with Crippen LogP contribution in [0.2, 0.25) is 0 Å². The minimum absolute atomic E-state index is 0.240. The highest BCUT2D eigenvalue weighted by Crippen LogP contribution is 2.22. The van der Waals surface area contributed by atoms with E-state index in [0.29, 0.717) is 12.3 Å². The first-order valence-electron chi connectivity index (χ1n) is 7.55. The largest absolute Gasteiger partial charge is 0.481 e. The summed E-state index contributed by atoms with van der Waals surface area (Å²) in [6, 6.07) is 8.59. The monoisotopic (exact) mass is 277 g/mol. The van der Waals surface area contributed by atoms with Crippen molar-refractivity contribution >= 4 is 5.97 Å². The minimum atomic E-state index is -0.760. The average molecular weight is 277 g/mol. The summed E-state index contributed by atoms with van der Waals surface area (Å²) in [5.41, 5.74) is 8.20. The highest BCUT2D eigenvalue weighted by atomic mass is 16.4. The molecule has 0 aromatic heterocycles. The topological polar surface area (TPSA) is 63.3 Å². The summed E-state index contributed by atoms with van der Waals surface area (Å²) < 4.78 is 0. The second kappa shape index (κ2) is 8.75. The van der Waals surface area contributed by atoms with Crippen LogP contribution in [0, 0.1) is 18.8 Å². The van der Waals surface area contributed by atoms with Gasteiger partial charge in [-0.25, -0.2) is 0 Å². The van der Waals surface area contributed by atoms with Crippen molar-refractivity contribution in [2.45, 2.75) is 46.0 Å². The van der Waals surface area contributed by atoms with Crippen LogP contribution in [0.25, 0.3) is 0 Å². The number of hydrogen-bond acceptors (Lipinski definition) is 2. The van der Waals surface area contributed by atoms with Crippen molar-refractivity contribution in [2.75, 3.05) is 6.54 Å². The third-order valence-corrected chi connectivity index (χ3v) is 3.99. The van der Waals surface area contributed by atoms with E-state index < -0.39 is 5.97 Å². The fraction of sp³-hybridized carbons (Fsp3) is 0.588. The molecule has 3 nitrogen and oxygen atoms in total. The van der Waals surface area contributed by atoms with E-state index in [4.69, 9.17) is 10.8 Å². The molecule has 0 bridgehead atoms. The Balaban J connectivity index is 2.39. The van der Waals surface area contributed by atoms with E-state index in [2.05, 4.69) is 38.1 Å². The molecule has 1 aromatic rings. The van der Waals surface area contributed by atoms with Crippen LogP contribution in [0.5, 0.6) is 0 Å². The van der Waals surface area contributed by atoms with Gasteiger partial charge in [0.25, 0.3) is 0 Å². The van der Waals surface area contributed by atoms with Crippen molar-refractivity contribution in [1.29, 1.82) is 0 Å². The predicted molar refractivity (Wildman–Crippen MR) is 82.7 cm³/mol. The maximum atomic E-state index is 11.0. The number of aliphatic carboxylic acids is 1. The Morgan fingerprint density at radius 3 is 2.70 bits per heavy atom. The molecule has 2 unspecified atom stereocenters. The molecule has 3 heteroatoms. The third kappa shape index (κ3) is 5.74. The lowest BCUT2D eigenvalue weighted by Gasteiger charge is -2.18. The van der Waals surface area contributed by atoms with Gasteiger partial charge in [-0.1, -0.05) is 49.6 Å². The molecule has 0 spiro atoms. The van der Waals surface area contributed by atoms with Crippen LogP contribution < -0.4 is 5.73 Å². The summed E-state index contributed by atoms with van der Waals surface area (Å²) >= 11 is 0. The van der Waals surface area contributed by atoms with Gasteiger partial charge in [0.2, 0.25) is 0 Å². The predicted octanol–water partition coefficient (Wildman–Crippen LogP) is 3.39. The van der Waals surface area contributed by atoms with Gasteiger partial charge in [-0.15, -0.1) is 0 Å². The Kier molecular flexibility index (Phi) is 7.31. The minimum Gasteiger partial charge on any atom is -0.481 e. The molecule has 1 rings (SSSR count). The molecule has 0 aliphatic heterocycles. The van der Waals surface area contributed by atoms with Crippen molar-refractivity contribution in [1.82, 2.24) is 0 Å². The Morgan fingerprint density at radius 1 is 1.40 bits per heavy atom. The quantitative estimate of drug-likeness (QED) is 0.727. The zero-order chi connectivity index (χ0) is 15.0. The van der Waals surface area contributed by atoms with E-state index in [9.17, 15) is 4.79 Å². The normalized spacial score (nSPS) is 13.9. The smallest absolute Gasteiger partial charge is 0.307 e. The first-order chi connectivity index (χ1) is 9.56. The van der Waals surface area contributed by atoms with Crippen molar-refractivity contribution in [3.8, 4) is 0 Å². The molecule has 0 heterocycles. The van der Waals surface area contributed by atoms with Gasteiger partial charge in [0.15, 0.2) is 0 Å². The third-order valence-electron chi connectivity index (χ3n) is 3.99. The number of carbonyl (C=O) groups is 1. The van der Waals surface area contributed by atoms with Crippen molar-refractivity contribution in [2.24, 2.45) is 17.6 Å². The number of aryl methyl sites for hydroxylation is 2. The summed E-state index contributed by atoms with van der Waals surface area (Å²) in [4.78, 5) is 11.0. The standard InChI is InChI=1S/C17H27NO2/c1-3-14(11-16(12-18)17(19)20)7-5-9-15-8-4-6-13(2)10-15/h4,6,8,10,14,16H,3,5,7,9,11-12,18H2,1-2H3,(H,19,20). The van der Waals surface area contributed by atoms with Crippen molar-refractivity contribution < 1.29 is 9.90 Å². The van der Waals surface area contributed by atoms with Gasteiger partial charge in [-0.2, -0.15) is 0 Å². The molecular formula is C17H27NO2. The Hall–Kier alpha value is -1.35. The van der Waals surface area contributed by atoms with Crippen LogP contribution in [0.4, 0.5) is 0 Å². The summed E-state index contributed by atoms with van der Waals surface area (Å²) in [5.74, 6) is -0.687. The van der Waals surface area contributed by atoms with Gasteiger partial charge < -0.3 is 10.8 Å². The van der Waals surface area contributed by atoms with Gasteiger partial charge >= 0.3 is 5.97 Å². The Labute approximate surface area is 122 Å². The number of benzene rings is 1. The van der Waals surface area contributed by atoms with Gasteiger partial charge in [0.1, 0.15) is 0 Å². The lowest BCUT2D eigenvalue weighted by Crippen LogP contribution is -2.25. The first-order valence-corrected chi connectivity index (χ1v) is 7.55. The Morgan fingerprint density at radius 2 is 2.15 bits per heavy atom. The molecule has 0 aliphatic carbocycles. The van der Waals surface area contributed by atoms with E-state index in [1.165, 1.54) is 11.1 Å². The van der Waals surface area contributed by atoms with Gasteiger partial charge in [-0.3, -0.25) is 4.79 Å². The van der Waals surface area contributed by atoms with Gasteiger partial charge in [-0.05, 0) is 37.7 Å². The van der Waals surface area contributed by atoms with Crippen LogP contribution in [0.1, 0.15) is 43.7 Å². The molecule has 0 fully saturated rings. The molecule has 0 saturated heterocycles. The van der Waals surface area contributed by atoms with E-state index in [-0.39, 0.29) is 12.5 Å². The number of hydrogen-bond donors (Lipinski definition) is 2. The lowest BCUT2D eigenvalue weighted by atomic mass is 9.88. The molecular weight excluding hydrogens is 250 g/mol. The maximum absolute atomic E-state index is 11.0. The summed E-state index contributed by atoms with van der Waals surface area (Å²) in [5, 5.41) is 9.07. The highest BCUT2D eigenvalue weighted by molar-refractivity contribution is 5.70. The molecule has 2 atom stereocenters. The van der Waals surface area contributed by atoms with Crippen LogP contribution in [0.15, 0.2) is 24.3 Å². The Bertz CT molecular complexity index is 417. The van der Waals surface area contributed by atoms with Crippen molar-refractivity contribution in [3.05, 3.63) is 35.4 Å². The molecule has 0 aliphatic rings. The molecule has 0 amide bonds. The van der Waals surface area contributed by atoms with Crippen LogP contribution in [-0.2, 0) is 11.2 Å². The van der Waals surface area contributed by atoms with Gasteiger partial charge in [0, 0.05) is 6.54 Å². The van der Waals surface area contributed by atoms with Crippen LogP contribution in [0.3, 0.4) is 0 Å².